The molecule has 2 N–H and O–H groups in total. The van der Waals surface area contributed by atoms with Crippen molar-refractivity contribution in [2.45, 2.75) is 38.7 Å². The van der Waals surface area contributed by atoms with Crippen LogP contribution >= 0.6 is 11.6 Å². The molecule has 7 heteroatoms. The van der Waals surface area contributed by atoms with Gasteiger partial charge in [0.2, 0.25) is 0 Å². The third kappa shape index (κ3) is 5.57. The Bertz CT molecular complexity index is 492. The molecule has 0 spiro atoms. The van der Waals surface area contributed by atoms with Gasteiger partial charge in [0, 0.05) is 32.6 Å². The molecular formula is C14H22ClN3O3. The lowest BCUT2D eigenvalue weighted by Gasteiger charge is -2.23. The molecule has 1 amide bonds. The van der Waals surface area contributed by atoms with Crippen LogP contribution in [0.4, 0.5) is 0 Å². The number of methoxy groups -OCH3 is 1. The minimum Gasteiger partial charge on any atom is -0.388 e. The van der Waals surface area contributed by atoms with E-state index < -0.39 is 11.5 Å². The fraction of sp³-hybridized carbons (Fsp3) is 0.643. The summed E-state index contributed by atoms with van der Waals surface area (Å²) in [5.41, 5.74) is -0.926. The van der Waals surface area contributed by atoms with Crippen molar-refractivity contribution in [3.05, 3.63) is 22.7 Å². The van der Waals surface area contributed by atoms with E-state index in [4.69, 9.17) is 16.3 Å². The van der Waals surface area contributed by atoms with Crippen molar-refractivity contribution in [1.82, 2.24) is 15.3 Å². The highest BCUT2D eigenvalue weighted by Crippen LogP contribution is 2.16. The van der Waals surface area contributed by atoms with Crippen molar-refractivity contribution in [2.75, 3.05) is 20.3 Å². The maximum absolute atomic E-state index is 12.1. The Balaban J connectivity index is 2.73. The normalized spacial score (nSPS) is 14.0. The average Bonchev–Trinajstić information content (AvgIpc) is 2.43. The summed E-state index contributed by atoms with van der Waals surface area (Å²) in [6.45, 7) is 6.00. The second-order valence-electron chi connectivity index (χ2n) is 5.50. The molecule has 0 aromatic carbocycles. The zero-order chi connectivity index (χ0) is 16.0. The van der Waals surface area contributed by atoms with E-state index in [1.54, 1.807) is 14.0 Å². The average molecular weight is 316 g/mol. The molecule has 0 saturated heterocycles. The maximum Gasteiger partial charge on any atom is 0.271 e. The van der Waals surface area contributed by atoms with Gasteiger partial charge in [0.1, 0.15) is 11.5 Å². The van der Waals surface area contributed by atoms with Crippen LogP contribution in [0, 0.1) is 0 Å². The van der Waals surface area contributed by atoms with Gasteiger partial charge in [-0.05, 0) is 6.92 Å². The molecule has 0 radical (unpaired) electrons. The van der Waals surface area contributed by atoms with Crippen LogP contribution in [0.3, 0.4) is 0 Å². The molecule has 0 saturated carbocycles. The quantitative estimate of drug-likeness (QED) is 0.801. The Morgan fingerprint density at radius 3 is 2.81 bits per heavy atom. The highest BCUT2D eigenvalue weighted by Gasteiger charge is 2.23. The minimum atomic E-state index is -1.05. The summed E-state index contributed by atoms with van der Waals surface area (Å²) >= 11 is 5.96. The van der Waals surface area contributed by atoms with Gasteiger partial charge in [0.05, 0.1) is 16.8 Å². The van der Waals surface area contributed by atoms with Gasteiger partial charge in [-0.3, -0.25) is 4.79 Å². The van der Waals surface area contributed by atoms with Gasteiger partial charge >= 0.3 is 0 Å². The van der Waals surface area contributed by atoms with E-state index in [0.29, 0.717) is 18.9 Å². The number of nitrogens with one attached hydrogen (secondary N) is 1. The van der Waals surface area contributed by atoms with Gasteiger partial charge in [0.25, 0.3) is 5.91 Å². The molecule has 1 unspecified atom stereocenters. The highest BCUT2D eigenvalue weighted by molar-refractivity contribution is 6.33. The van der Waals surface area contributed by atoms with Crippen LogP contribution in [0.25, 0.3) is 0 Å². The molecule has 0 aliphatic rings. The summed E-state index contributed by atoms with van der Waals surface area (Å²) in [7, 11) is 1.56. The number of amides is 1. The molecule has 1 rings (SSSR count). The lowest BCUT2D eigenvalue weighted by atomic mass is 10.0. The van der Waals surface area contributed by atoms with Gasteiger partial charge < -0.3 is 15.2 Å². The Morgan fingerprint density at radius 1 is 1.57 bits per heavy atom. The van der Waals surface area contributed by atoms with Crippen LogP contribution < -0.4 is 5.32 Å². The van der Waals surface area contributed by atoms with Crippen molar-refractivity contribution in [1.29, 1.82) is 0 Å². The predicted octanol–water partition coefficient (Wildman–Crippen LogP) is 1.77. The predicted molar refractivity (Wildman–Crippen MR) is 80.6 cm³/mol. The van der Waals surface area contributed by atoms with E-state index in [1.165, 1.54) is 6.20 Å². The van der Waals surface area contributed by atoms with Crippen LogP contribution in [-0.2, 0) is 4.74 Å². The largest absolute Gasteiger partial charge is 0.388 e. The number of hydrogen-bond acceptors (Lipinski definition) is 5. The topological polar surface area (TPSA) is 84.3 Å². The van der Waals surface area contributed by atoms with Gasteiger partial charge in [-0.1, -0.05) is 25.4 Å². The maximum atomic E-state index is 12.1. The minimum absolute atomic E-state index is 0.0898. The third-order valence-electron chi connectivity index (χ3n) is 2.97. The molecule has 118 valence electrons. The van der Waals surface area contributed by atoms with E-state index in [2.05, 4.69) is 15.3 Å². The van der Waals surface area contributed by atoms with Gasteiger partial charge in [-0.2, -0.15) is 0 Å². The smallest absolute Gasteiger partial charge is 0.271 e. The van der Waals surface area contributed by atoms with E-state index in [1.807, 2.05) is 13.8 Å². The zero-order valence-corrected chi connectivity index (χ0v) is 13.6. The number of carbonyl (C=O) groups is 1. The van der Waals surface area contributed by atoms with Crippen LogP contribution in [0.1, 0.15) is 49.4 Å². The Kier molecular flexibility index (Phi) is 6.51. The fourth-order valence-electron chi connectivity index (χ4n) is 1.58. The lowest BCUT2D eigenvalue weighted by Crippen LogP contribution is -2.41. The summed E-state index contributed by atoms with van der Waals surface area (Å²) in [6.07, 6.45) is 1.83. The third-order valence-corrected chi connectivity index (χ3v) is 3.25. The summed E-state index contributed by atoms with van der Waals surface area (Å²) < 4.78 is 4.92. The van der Waals surface area contributed by atoms with Crippen molar-refractivity contribution in [3.63, 3.8) is 0 Å². The summed E-state index contributed by atoms with van der Waals surface area (Å²) in [5, 5.41) is 12.9. The van der Waals surface area contributed by atoms with Gasteiger partial charge in [-0.15, -0.1) is 0 Å². The first kappa shape index (κ1) is 17.8. The van der Waals surface area contributed by atoms with Crippen LogP contribution in [-0.4, -0.2) is 46.8 Å². The van der Waals surface area contributed by atoms with Crippen LogP contribution in [0.5, 0.6) is 0 Å². The lowest BCUT2D eigenvalue weighted by molar-refractivity contribution is 0.0243. The van der Waals surface area contributed by atoms with Gasteiger partial charge in [-0.25, -0.2) is 9.97 Å². The number of aliphatic hydroxyl groups is 1. The first-order valence-corrected chi connectivity index (χ1v) is 7.16. The number of nitrogens with zero attached hydrogens (tertiary/aromatic N) is 2. The van der Waals surface area contributed by atoms with Crippen molar-refractivity contribution < 1.29 is 14.6 Å². The first-order valence-electron chi connectivity index (χ1n) is 6.79. The molecule has 1 aromatic heterocycles. The van der Waals surface area contributed by atoms with E-state index >= 15 is 0 Å². The number of rotatable bonds is 7. The molecule has 1 aromatic rings. The van der Waals surface area contributed by atoms with E-state index in [9.17, 15) is 9.90 Å². The standard InChI is InChI=1S/C14H22ClN3O3/c1-9(2)12-16-7-10(15)11(18-12)13(19)17-8-14(3,20)5-6-21-4/h7,9,20H,5-6,8H2,1-4H3,(H,17,19). The summed E-state index contributed by atoms with van der Waals surface area (Å²) in [4.78, 5) is 20.4. The fourth-order valence-corrected chi connectivity index (χ4v) is 1.76. The number of halogens is 1. The number of ether oxygens (including phenoxy) is 1. The Labute approximate surface area is 129 Å². The second kappa shape index (κ2) is 7.68. The Hall–Kier alpha value is -1.24. The number of hydrogen-bond donors (Lipinski definition) is 2. The first-order chi connectivity index (χ1) is 9.76. The number of carbonyl (C=O) groups excluding carboxylic acids is 1. The molecule has 0 fully saturated rings. The molecule has 1 heterocycles. The Morgan fingerprint density at radius 2 is 2.24 bits per heavy atom. The number of aromatic nitrogens is 2. The molecule has 0 bridgehead atoms. The molecule has 1 atom stereocenters. The zero-order valence-electron chi connectivity index (χ0n) is 12.8. The molecule has 21 heavy (non-hydrogen) atoms. The molecule has 0 aliphatic heterocycles. The van der Waals surface area contributed by atoms with E-state index in [0.717, 1.165) is 0 Å². The SMILES string of the molecule is COCCC(C)(O)CNC(=O)c1nc(C(C)C)ncc1Cl. The second-order valence-corrected chi connectivity index (χ2v) is 5.91. The molecule has 6 nitrogen and oxygen atoms in total. The van der Waals surface area contributed by atoms with Gasteiger partial charge in [0.15, 0.2) is 0 Å². The van der Waals surface area contributed by atoms with Crippen LogP contribution in [0.15, 0.2) is 6.20 Å². The molecular weight excluding hydrogens is 294 g/mol. The molecule has 0 aliphatic carbocycles. The van der Waals surface area contributed by atoms with Crippen molar-refractivity contribution in [3.8, 4) is 0 Å². The summed E-state index contributed by atoms with van der Waals surface area (Å²) in [5.74, 6) is 0.219. The van der Waals surface area contributed by atoms with E-state index in [-0.39, 0.29) is 23.2 Å². The van der Waals surface area contributed by atoms with Crippen LogP contribution in [0.2, 0.25) is 5.02 Å². The van der Waals surface area contributed by atoms with Crippen molar-refractivity contribution in [2.24, 2.45) is 0 Å². The summed E-state index contributed by atoms with van der Waals surface area (Å²) in [6, 6.07) is 0. The van der Waals surface area contributed by atoms with Crippen molar-refractivity contribution >= 4 is 17.5 Å². The highest BCUT2D eigenvalue weighted by atomic mass is 35.5. The monoisotopic (exact) mass is 315 g/mol.